The first-order valence-electron chi connectivity index (χ1n) is 8.49. The van der Waals surface area contributed by atoms with Gasteiger partial charge in [0, 0.05) is 34.2 Å². The van der Waals surface area contributed by atoms with Gasteiger partial charge in [0.1, 0.15) is 0 Å². The summed E-state index contributed by atoms with van der Waals surface area (Å²) in [6.07, 6.45) is 3.26. The van der Waals surface area contributed by atoms with E-state index in [1.807, 2.05) is 6.07 Å². The number of pyridine rings is 1. The zero-order chi connectivity index (χ0) is 20.9. The van der Waals surface area contributed by atoms with Crippen LogP contribution in [0.25, 0.3) is 0 Å². The van der Waals surface area contributed by atoms with Crippen LogP contribution in [0, 0.1) is 0 Å². The number of nitrogens with one attached hydrogen (secondary N) is 2. The molecule has 29 heavy (non-hydrogen) atoms. The fourth-order valence-corrected chi connectivity index (χ4v) is 3.61. The average Bonchev–Trinajstić information content (AvgIpc) is 2.74. The first-order chi connectivity index (χ1) is 13.8. The zero-order valence-corrected chi connectivity index (χ0v) is 16.9. The van der Waals surface area contributed by atoms with Crippen molar-refractivity contribution in [2.45, 2.75) is 11.8 Å². The predicted molar refractivity (Wildman–Crippen MR) is 113 cm³/mol. The van der Waals surface area contributed by atoms with E-state index in [-0.39, 0.29) is 10.5 Å². The number of hydrogen-bond donors (Lipinski definition) is 2. The largest absolute Gasteiger partial charge is 0.280 e. The average molecular weight is 429 g/mol. The number of carbonyl (C=O) groups is 1. The second-order valence-corrected chi connectivity index (χ2v) is 8.14. The molecular weight excluding hydrogens is 412 g/mol. The first-order valence-corrected chi connectivity index (χ1v) is 10.3. The summed E-state index contributed by atoms with van der Waals surface area (Å²) in [5.41, 5.74) is 4.27. The number of carbonyl (C=O) groups excluding carboxylic acids is 1. The molecule has 1 heterocycles. The highest BCUT2D eigenvalue weighted by Gasteiger charge is 2.16. The minimum absolute atomic E-state index is 0.0481. The minimum Gasteiger partial charge on any atom is -0.280 e. The smallest absolute Gasteiger partial charge is 0.271 e. The Morgan fingerprint density at radius 1 is 1.03 bits per heavy atom. The lowest BCUT2D eigenvalue weighted by atomic mass is 10.2. The fraction of sp³-hybridized carbons (Fsp3) is 0.0500. The third-order valence-corrected chi connectivity index (χ3v) is 5.54. The summed E-state index contributed by atoms with van der Waals surface area (Å²) in [6, 6.07) is 15.5. The number of hydrogen-bond acceptors (Lipinski definition) is 5. The molecule has 3 rings (SSSR count). The highest BCUT2D eigenvalue weighted by Crippen LogP contribution is 2.19. The topological polar surface area (TPSA) is 101 Å². The van der Waals surface area contributed by atoms with Gasteiger partial charge in [0.15, 0.2) is 0 Å². The molecule has 0 aliphatic rings. The second-order valence-electron chi connectivity index (χ2n) is 6.02. The first kappa shape index (κ1) is 20.5. The van der Waals surface area contributed by atoms with Crippen LogP contribution in [0.1, 0.15) is 22.8 Å². The van der Waals surface area contributed by atoms with Crippen LogP contribution in [0.3, 0.4) is 0 Å². The van der Waals surface area contributed by atoms with E-state index in [9.17, 15) is 13.2 Å². The van der Waals surface area contributed by atoms with E-state index in [1.54, 1.807) is 49.6 Å². The van der Waals surface area contributed by atoms with Crippen molar-refractivity contribution in [2.75, 3.05) is 4.72 Å². The molecule has 2 aromatic carbocycles. The van der Waals surface area contributed by atoms with Crippen LogP contribution in [0.15, 0.2) is 83.1 Å². The molecule has 2 N–H and O–H groups in total. The number of anilines is 1. The number of hydrazone groups is 1. The van der Waals surface area contributed by atoms with Crippen LogP contribution < -0.4 is 10.1 Å². The van der Waals surface area contributed by atoms with Gasteiger partial charge in [-0.1, -0.05) is 23.7 Å². The van der Waals surface area contributed by atoms with Crippen LogP contribution in [-0.2, 0) is 10.0 Å². The van der Waals surface area contributed by atoms with Gasteiger partial charge < -0.3 is 0 Å². The Hall–Kier alpha value is -3.23. The van der Waals surface area contributed by atoms with Gasteiger partial charge >= 0.3 is 0 Å². The lowest BCUT2D eigenvalue weighted by molar-refractivity contribution is 0.0954. The Morgan fingerprint density at radius 3 is 2.45 bits per heavy atom. The van der Waals surface area contributed by atoms with Crippen LogP contribution in [-0.4, -0.2) is 25.0 Å². The lowest BCUT2D eigenvalue weighted by Crippen LogP contribution is -2.20. The maximum atomic E-state index is 12.6. The molecule has 0 radical (unpaired) electrons. The van der Waals surface area contributed by atoms with E-state index in [2.05, 4.69) is 20.2 Å². The van der Waals surface area contributed by atoms with Gasteiger partial charge in [0.2, 0.25) is 0 Å². The van der Waals surface area contributed by atoms with E-state index in [1.165, 1.54) is 24.3 Å². The molecule has 0 saturated heterocycles. The molecule has 0 bridgehead atoms. The molecule has 1 aromatic heterocycles. The van der Waals surface area contributed by atoms with Gasteiger partial charge in [-0.05, 0) is 55.5 Å². The normalized spacial score (nSPS) is 11.7. The number of sulfonamides is 1. The molecule has 3 aromatic rings. The van der Waals surface area contributed by atoms with Crippen LogP contribution in [0.4, 0.5) is 5.69 Å². The molecule has 0 spiro atoms. The van der Waals surface area contributed by atoms with Gasteiger partial charge in [0.05, 0.1) is 10.6 Å². The van der Waals surface area contributed by atoms with Crippen molar-refractivity contribution in [1.29, 1.82) is 0 Å². The molecule has 148 valence electrons. The molecule has 0 aliphatic heterocycles. The van der Waals surface area contributed by atoms with Crippen LogP contribution in [0.5, 0.6) is 0 Å². The van der Waals surface area contributed by atoms with Crippen molar-refractivity contribution < 1.29 is 13.2 Å². The fourth-order valence-electron chi connectivity index (χ4n) is 2.38. The van der Waals surface area contributed by atoms with E-state index >= 15 is 0 Å². The van der Waals surface area contributed by atoms with E-state index in [4.69, 9.17) is 11.6 Å². The van der Waals surface area contributed by atoms with Crippen LogP contribution >= 0.6 is 11.6 Å². The van der Waals surface area contributed by atoms with E-state index < -0.39 is 15.9 Å². The quantitative estimate of drug-likeness (QED) is 0.461. The van der Waals surface area contributed by atoms with Gasteiger partial charge in [0.25, 0.3) is 15.9 Å². The summed E-state index contributed by atoms with van der Waals surface area (Å²) in [5.74, 6) is -0.531. The lowest BCUT2D eigenvalue weighted by Gasteiger charge is -2.09. The Balaban J connectivity index is 1.76. The maximum absolute atomic E-state index is 12.6. The highest BCUT2D eigenvalue weighted by molar-refractivity contribution is 7.92. The molecule has 0 aliphatic carbocycles. The van der Waals surface area contributed by atoms with Crippen molar-refractivity contribution >= 4 is 38.9 Å². The molecule has 0 saturated carbocycles. The van der Waals surface area contributed by atoms with Crippen LogP contribution in [0.2, 0.25) is 5.02 Å². The molecule has 0 atom stereocenters. The maximum Gasteiger partial charge on any atom is 0.271 e. The van der Waals surface area contributed by atoms with E-state index in [0.717, 1.165) is 5.56 Å². The second kappa shape index (κ2) is 8.85. The number of rotatable bonds is 6. The van der Waals surface area contributed by atoms with Gasteiger partial charge in [-0.2, -0.15) is 5.10 Å². The van der Waals surface area contributed by atoms with Crippen molar-refractivity contribution in [2.24, 2.45) is 5.10 Å². The van der Waals surface area contributed by atoms with Gasteiger partial charge in [-0.25, -0.2) is 13.8 Å². The Kier molecular flexibility index (Phi) is 6.26. The third kappa shape index (κ3) is 5.40. The minimum atomic E-state index is -3.87. The number of halogens is 1. The SMILES string of the molecule is CC(=NNC(=O)c1cccc(S(=O)(=O)Nc2ccc(Cl)cc2)c1)c1cccnc1. The number of aromatic nitrogens is 1. The molecule has 1 amide bonds. The van der Waals surface area contributed by atoms with Crippen molar-refractivity contribution in [3.63, 3.8) is 0 Å². The Morgan fingerprint density at radius 2 is 1.76 bits per heavy atom. The Labute approximate surface area is 173 Å². The van der Waals surface area contributed by atoms with Crippen molar-refractivity contribution in [3.05, 3.63) is 89.2 Å². The molecule has 0 unspecified atom stereocenters. The number of benzene rings is 2. The van der Waals surface area contributed by atoms with Crippen molar-refractivity contribution in [1.82, 2.24) is 10.4 Å². The third-order valence-electron chi connectivity index (χ3n) is 3.91. The molecule has 0 fully saturated rings. The summed E-state index contributed by atoms with van der Waals surface area (Å²) in [4.78, 5) is 16.3. The summed E-state index contributed by atoms with van der Waals surface area (Å²) >= 11 is 5.81. The molecular formula is C20H17ClN4O3S. The zero-order valence-electron chi connectivity index (χ0n) is 15.3. The Bertz CT molecular complexity index is 1150. The molecule has 9 heteroatoms. The highest BCUT2D eigenvalue weighted by atomic mass is 35.5. The van der Waals surface area contributed by atoms with Crippen molar-refractivity contribution in [3.8, 4) is 0 Å². The number of nitrogens with zero attached hydrogens (tertiary/aromatic N) is 2. The molecule has 7 nitrogen and oxygen atoms in total. The predicted octanol–water partition coefficient (Wildman–Crippen LogP) is 3.69. The summed E-state index contributed by atoms with van der Waals surface area (Å²) in [7, 11) is -3.87. The van der Waals surface area contributed by atoms with E-state index in [0.29, 0.717) is 16.4 Å². The van der Waals surface area contributed by atoms with Gasteiger partial charge in [-0.3, -0.25) is 14.5 Å². The summed E-state index contributed by atoms with van der Waals surface area (Å²) in [6.45, 7) is 1.73. The summed E-state index contributed by atoms with van der Waals surface area (Å²) in [5, 5.41) is 4.53. The van der Waals surface area contributed by atoms with Gasteiger partial charge in [-0.15, -0.1) is 0 Å². The summed E-state index contributed by atoms with van der Waals surface area (Å²) < 4.78 is 27.7. The monoisotopic (exact) mass is 428 g/mol. The standard InChI is InChI=1S/C20H17ClN4O3S/c1-14(16-5-3-11-22-13-16)23-24-20(26)15-4-2-6-19(12-15)29(27,28)25-18-9-7-17(21)8-10-18/h2-13,25H,1H3,(H,24,26). The number of amides is 1.